The number of methoxy groups -OCH3 is 1. The van der Waals surface area contributed by atoms with Crippen LogP contribution >= 0.6 is 0 Å². The molecule has 37 heavy (non-hydrogen) atoms. The molecule has 204 valence electrons. The molecule has 2 aromatic heterocycles. The maximum absolute atomic E-state index is 12.1. The van der Waals surface area contributed by atoms with Crippen LogP contribution in [0.1, 0.15) is 39.3 Å². The summed E-state index contributed by atoms with van der Waals surface area (Å²) in [7, 11) is -1.62. The highest BCUT2D eigenvalue weighted by atomic mass is 32.2. The van der Waals surface area contributed by atoms with Crippen molar-refractivity contribution in [2.24, 2.45) is 0 Å². The van der Waals surface area contributed by atoms with Gasteiger partial charge in [-0.2, -0.15) is 4.98 Å². The van der Waals surface area contributed by atoms with E-state index in [-0.39, 0.29) is 24.8 Å². The van der Waals surface area contributed by atoms with Crippen molar-refractivity contribution in [1.29, 1.82) is 0 Å². The molecule has 3 rings (SSSR count). The van der Waals surface area contributed by atoms with Crippen molar-refractivity contribution in [2.45, 2.75) is 58.0 Å². The van der Waals surface area contributed by atoms with E-state index in [2.05, 4.69) is 25.6 Å². The van der Waals surface area contributed by atoms with Crippen LogP contribution in [0.3, 0.4) is 0 Å². The third-order valence-corrected chi connectivity index (χ3v) is 7.56. The molecule has 0 aliphatic carbocycles. The summed E-state index contributed by atoms with van der Waals surface area (Å²) in [4.78, 5) is 26.9. The summed E-state index contributed by atoms with van der Waals surface area (Å²) in [6.07, 6.45) is 3.27. The zero-order valence-corrected chi connectivity index (χ0v) is 23.0. The first kappa shape index (κ1) is 28.2. The lowest BCUT2D eigenvalue weighted by Gasteiger charge is -2.31. The van der Waals surface area contributed by atoms with Gasteiger partial charge in [-0.25, -0.2) is 23.2 Å². The molecule has 13 heteroatoms. The number of hydrogen-bond donors (Lipinski definition) is 2. The van der Waals surface area contributed by atoms with Gasteiger partial charge in [-0.1, -0.05) is 0 Å². The normalized spacial score (nSPS) is 15.3. The molecule has 1 atom stereocenters. The summed E-state index contributed by atoms with van der Waals surface area (Å²) in [5.41, 5.74) is 1.38. The molecule has 1 aliphatic rings. The minimum atomic E-state index is -3.13. The molecule has 0 aromatic carbocycles. The van der Waals surface area contributed by atoms with Gasteiger partial charge < -0.3 is 29.7 Å². The number of hydrogen-bond acceptors (Lipinski definition) is 11. The number of carbonyl (C=O) groups is 1. The Morgan fingerprint density at radius 1 is 1.19 bits per heavy atom. The number of aryl methyl sites for hydroxylation is 1. The predicted molar refractivity (Wildman–Crippen MR) is 140 cm³/mol. The van der Waals surface area contributed by atoms with Crippen LogP contribution in [0.15, 0.2) is 18.5 Å². The number of carbonyl (C=O) groups excluding carboxylic acids is 1. The first-order valence-electron chi connectivity index (χ1n) is 12.2. The van der Waals surface area contributed by atoms with Gasteiger partial charge >= 0.3 is 6.09 Å². The lowest BCUT2D eigenvalue weighted by molar-refractivity contribution is 0.0500. The molecule has 1 fully saturated rings. The van der Waals surface area contributed by atoms with E-state index < -0.39 is 15.1 Å². The Morgan fingerprint density at radius 2 is 1.89 bits per heavy atom. The molecule has 0 unspecified atom stereocenters. The number of sulfone groups is 1. The highest BCUT2D eigenvalue weighted by Gasteiger charge is 2.27. The quantitative estimate of drug-likeness (QED) is 0.462. The first-order valence-corrected chi connectivity index (χ1v) is 14.1. The summed E-state index contributed by atoms with van der Waals surface area (Å²) in [6.45, 7) is 8.45. The van der Waals surface area contributed by atoms with E-state index in [1.54, 1.807) is 17.9 Å². The van der Waals surface area contributed by atoms with E-state index >= 15 is 0 Å². The second kappa shape index (κ2) is 12.3. The van der Waals surface area contributed by atoms with Gasteiger partial charge in [0.1, 0.15) is 18.2 Å². The monoisotopic (exact) mass is 536 g/mol. The maximum Gasteiger partial charge on any atom is 0.410 e. The predicted octanol–water partition coefficient (Wildman–Crippen LogP) is 3.17. The van der Waals surface area contributed by atoms with Crippen LogP contribution in [0.4, 0.5) is 22.1 Å². The second-order valence-electron chi connectivity index (χ2n) is 9.27. The minimum absolute atomic E-state index is 0.136. The fraction of sp³-hybridized carbons (Fsp3) is 0.583. The molecule has 12 nitrogen and oxygen atoms in total. The summed E-state index contributed by atoms with van der Waals surface area (Å²) in [5, 5.41) is 5.74. The fourth-order valence-corrected chi connectivity index (χ4v) is 4.01. The molecule has 1 amide bonds. The van der Waals surface area contributed by atoms with Gasteiger partial charge in [0.05, 0.1) is 29.8 Å². The van der Waals surface area contributed by atoms with E-state index in [4.69, 9.17) is 14.2 Å². The molecule has 0 saturated carbocycles. The number of nitrogens with zero attached hydrogens (tertiary/aromatic N) is 4. The van der Waals surface area contributed by atoms with E-state index in [9.17, 15) is 13.2 Å². The summed E-state index contributed by atoms with van der Waals surface area (Å²) >= 11 is 0. The van der Waals surface area contributed by atoms with Gasteiger partial charge in [-0.15, -0.1) is 0 Å². The maximum atomic E-state index is 12.1. The first-order chi connectivity index (χ1) is 17.5. The summed E-state index contributed by atoms with van der Waals surface area (Å²) in [5.74, 6) is 1.65. The number of rotatable bonds is 10. The molecule has 0 spiro atoms. The van der Waals surface area contributed by atoms with Crippen molar-refractivity contribution in [3.05, 3.63) is 24.2 Å². The fourth-order valence-electron chi connectivity index (χ4n) is 3.62. The third kappa shape index (κ3) is 7.81. The van der Waals surface area contributed by atoms with Crippen molar-refractivity contribution in [2.75, 3.05) is 43.6 Å². The number of anilines is 3. The van der Waals surface area contributed by atoms with Gasteiger partial charge in [-0.3, -0.25) is 0 Å². The van der Waals surface area contributed by atoms with Crippen molar-refractivity contribution in [1.82, 2.24) is 19.9 Å². The molecule has 2 aromatic rings. The van der Waals surface area contributed by atoms with E-state index in [1.807, 2.05) is 26.8 Å². The zero-order valence-electron chi connectivity index (χ0n) is 22.1. The molecule has 3 heterocycles. The van der Waals surface area contributed by atoms with Crippen molar-refractivity contribution in [3.63, 3.8) is 0 Å². The minimum Gasteiger partial charge on any atom is -0.489 e. The lowest BCUT2D eigenvalue weighted by atomic mass is 10.1. The van der Waals surface area contributed by atoms with Crippen LogP contribution in [0, 0.1) is 6.92 Å². The van der Waals surface area contributed by atoms with Gasteiger partial charge in [0, 0.05) is 38.7 Å². The number of piperidine rings is 1. The molecule has 0 radical (unpaired) electrons. The zero-order chi connectivity index (χ0) is 27.2. The van der Waals surface area contributed by atoms with Crippen LogP contribution in [-0.2, 0) is 14.6 Å². The standard InChI is InChI=1S/C24H36N6O6S/c1-15(2)35-24(31)30-11-9-18(10-12-30)36-23-21(34-5)22(26-14-27-23)29-19-7-8-20(28-17(19)4)25-13-16(3)37(6,32)33/h7-8,14-16,18H,9-13H2,1-6H3,(H,25,28)(H,26,27,29)/t16-/m0/s1. The number of nitrogens with one attached hydrogen (secondary N) is 2. The van der Waals surface area contributed by atoms with E-state index in [0.29, 0.717) is 60.6 Å². The molecule has 2 N–H and O–H groups in total. The Hall–Kier alpha value is -3.35. The number of pyridine rings is 1. The van der Waals surface area contributed by atoms with Crippen molar-refractivity contribution < 1.29 is 27.4 Å². The average molecular weight is 537 g/mol. The van der Waals surface area contributed by atoms with Crippen LogP contribution in [-0.4, -0.2) is 84.8 Å². The van der Waals surface area contributed by atoms with Crippen molar-refractivity contribution >= 4 is 33.3 Å². The van der Waals surface area contributed by atoms with Gasteiger partial charge in [0.15, 0.2) is 15.7 Å². The van der Waals surface area contributed by atoms with Crippen LogP contribution in [0.5, 0.6) is 11.6 Å². The highest BCUT2D eigenvalue weighted by molar-refractivity contribution is 7.91. The molecule has 0 bridgehead atoms. The molecular formula is C24H36N6O6S. The Bertz CT molecular complexity index is 1180. The largest absolute Gasteiger partial charge is 0.489 e. The van der Waals surface area contributed by atoms with Gasteiger partial charge in [0.25, 0.3) is 5.88 Å². The van der Waals surface area contributed by atoms with E-state index in [1.165, 1.54) is 19.7 Å². The Kier molecular flexibility index (Phi) is 9.35. The molecular weight excluding hydrogens is 500 g/mol. The molecule has 1 saturated heterocycles. The van der Waals surface area contributed by atoms with Crippen LogP contribution in [0.25, 0.3) is 0 Å². The van der Waals surface area contributed by atoms with Crippen molar-refractivity contribution in [3.8, 4) is 11.6 Å². The summed E-state index contributed by atoms with van der Waals surface area (Å²) in [6, 6.07) is 3.58. The number of ether oxygens (including phenoxy) is 3. The Balaban J connectivity index is 1.65. The Labute approximate surface area is 218 Å². The van der Waals surface area contributed by atoms with E-state index in [0.717, 1.165) is 0 Å². The average Bonchev–Trinajstić information content (AvgIpc) is 2.83. The van der Waals surface area contributed by atoms with Crippen LogP contribution < -0.4 is 20.1 Å². The van der Waals surface area contributed by atoms with Gasteiger partial charge in [0.2, 0.25) is 5.75 Å². The SMILES string of the molecule is COc1c(Nc2ccc(NC[C@H](C)S(C)(=O)=O)nc2C)ncnc1OC1CCN(C(=O)OC(C)C)CC1. The Morgan fingerprint density at radius 3 is 2.49 bits per heavy atom. The highest BCUT2D eigenvalue weighted by Crippen LogP contribution is 2.35. The number of likely N-dealkylation sites (tertiary alicyclic amines) is 1. The smallest absolute Gasteiger partial charge is 0.410 e. The van der Waals surface area contributed by atoms with Crippen LogP contribution in [0.2, 0.25) is 0 Å². The molecule has 1 aliphatic heterocycles. The summed E-state index contributed by atoms with van der Waals surface area (Å²) < 4.78 is 40.2. The lowest BCUT2D eigenvalue weighted by Crippen LogP contribution is -2.42. The third-order valence-electron chi connectivity index (χ3n) is 5.93. The number of aromatic nitrogens is 3. The number of amides is 1. The second-order valence-corrected chi connectivity index (χ2v) is 11.7. The topological polar surface area (TPSA) is 145 Å². The van der Waals surface area contributed by atoms with Gasteiger partial charge in [-0.05, 0) is 39.8 Å².